The summed E-state index contributed by atoms with van der Waals surface area (Å²) in [6.45, 7) is 12.9. The van der Waals surface area contributed by atoms with E-state index in [-0.39, 0.29) is 22.1 Å². The Morgan fingerprint density at radius 3 is 1.96 bits per heavy atom. The van der Waals surface area contributed by atoms with E-state index < -0.39 is 14.0 Å². The molecule has 0 aliphatic heterocycles. The molecule has 7 heteroatoms. The zero-order valence-corrected chi connectivity index (χ0v) is 17.4. The normalized spacial score (nSPS) is 11.8. The molecule has 0 aliphatic carbocycles. The van der Waals surface area contributed by atoms with Gasteiger partial charge in [0.1, 0.15) is 24.5 Å². The number of nitrogen functional groups attached to an aromatic ring is 1. The van der Waals surface area contributed by atoms with Crippen LogP contribution in [0.5, 0.6) is 0 Å². The average molecular weight is 387 g/mol. The molecule has 0 spiro atoms. The monoisotopic (exact) mass is 386 g/mol. The number of carboxylic acids is 1. The average Bonchev–Trinajstić information content (AvgIpc) is 2.41. The second-order valence-corrected chi connectivity index (χ2v) is 13.2. The van der Waals surface area contributed by atoms with E-state index in [0.29, 0.717) is 16.6 Å². The lowest BCUT2D eigenvalue weighted by molar-refractivity contribution is 0.0697. The Morgan fingerprint density at radius 2 is 1.62 bits per heavy atom. The van der Waals surface area contributed by atoms with Crippen LogP contribution in [0, 0.1) is 11.3 Å². The highest BCUT2D eigenvalue weighted by molar-refractivity contribution is 6.97. The van der Waals surface area contributed by atoms with Crippen LogP contribution in [0.2, 0.25) is 21.8 Å². The summed E-state index contributed by atoms with van der Waals surface area (Å²) < 4.78 is 0. The summed E-state index contributed by atoms with van der Waals surface area (Å²) in [6, 6.07) is 0. The lowest BCUT2D eigenvalue weighted by Gasteiger charge is -2.44. The largest absolute Gasteiger partial charge is 0.478 e. The standard InChI is InChI=1S/C17H24Cl2N2O2Si/c1-9(2)24(10(3)4,11(5)6)15-14(20)13(17(22)23)12(7-8-18)21-16(15)19/h9-11H,1-6H3,(H2,20,21)(H,22,23). The molecule has 0 unspecified atom stereocenters. The Kier molecular flexibility index (Phi) is 6.74. The number of aromatic carboxylic acids is 1. The lowest BCUT2D eigenvalue weighted by Crippen LogP contribution is -2.57. The molecule has 132 valence electrons. The Hall–Kier alpha value is -1.22. The van der Waals surface area contributed by atoms with Crippen LogP contribution in [-0.2, 0) is 0 Å². The Balaban J connectivity index is 4.02. The zero-order valence-electron chi connectivity index (χ0n) is 14.9. The second-order valence-electron chi connectivity index (χ2n) is 6.84. The van der Waals surface area contributed by atoms with Gasteiger partial charge in [0.05, 0.1) is 5.69 Å². The van der Waals surface area contributed by atoms with E-state index in [0.717, 1.165) is 5.19 Å². The summed E-state index contributed by atoms with van der Waals surface area (Å²) in [6.07, 6.45) is 0. The van der Waals surface area contributed by atoms with E-state index in [9.17, 15) is 9.90 Å². The number of aromatic nitrogens is 1. The fourth-order valence-corrected chi connectivity index (χ4v) is 11.7. The number of carbonyl (C=O) groups is 1. The predicted octanol–water partition coefficient (Wildman–Crippen LogP) is 4.45. The van der Waals surface area contributed by atoms with Crippen molar-refractivity contribution in [1.82, 2.24) is 4.98 Å². The molecule has 0 radical (unpaired) electrons. The topological polar surface area (TPSA) is 76.2 Å². The number of pyridine rings is 1. The third-order valence-corrected chi connectivity index (χ3v) is 12.5. The minimum atomic E-state index is -2.28. The van der Waals surface area contributed by atoms with Crippen molar-refractivity contribution in [1.29, 1.82) is 0 Å². The summed E-state index contributed by atoms with van der Waals surface area (Å²) in [5.74, 6) is 1.31. The summed E-state index contributed by atoms with van der Waals surface area (Å²) in [4.78, 5) is 16.0. The molecule has 0 aromatic carbocycles. The summed E-state index contributed by atoms with van der Waals surface area (Å²) in [5, 5.41) is 12.7. The maximum atomic E-state index is 11.8. The molecule has 1 aromatic rings. The van der Waals surface area contributed by atoms with E-state index in [2.05, 4.69) is 57.8 Å². The van der Waals surface area contributed by atoms with Gasteiger partial charge in [0, 0.05) is 10.6 Å². The van der Waals surface area contributed by atoms with Crippen LogP contribution in [0.25, 0.3) is 0 Å². The van der Waals surface area contributed by atoms with Crippen LogP contribution in [0.15, 0.2) is 0 Å². The van der Waals surface area contributed by atoms with E-state index in [1.54, 1.807) is 0 Å². The SMILES string of the molecule is CC(C)[Si](c1c(Cl)nc(C#CCl)c(C(=O)O)c1N)(C(C)C)C(C)C. The quantitative estimate of drug-likeness (QED) is 0.445. The minimum absolute atomic E-state index is 0.00270. The molecule has 0 saturated carbocycles. The highest BCUT2D eigenvalue weighted by Gasteiger charge is 2.48. The fourth-order valence-electron chi connectivity index (χ4n) is 4.20. The third kappa shape index (κ3) is 3.28. The molecule has 1 aromatic heterocycles. The van der Waals surface area contributed by atoms with Crippen LogP contribution in [-0.4, -0.2) is 24.1 Å². The first-order chi connectivity index (χ1) is 11.0. The molecule has 1 heterocycles. The predicted molar refractivity (Wildman–Crippen MR) is 104 cm³/mol. The number of rotatable bonds is 5. The number of hydrogen-bond donors (Lipinski definition) is 2. The summed E-state index contributed by atoms with van der Waals surface area (Å²) in [5.41, 5.74) is 7.34. The smallest absolute Gasteiger partial charge is 0.340 e. The number of nitrogens with zero attached hydrogens (tertiary/aromatic N) is 1. The van der Waals surface area contributed by atoms with E-state index in [4.69, 9.17) is 28.9 Å². The highest BCUT2D eigenvalue weighted by atomic mass is 35.5. The van der Waals surface area contributed by atoms with Crippen molar-refractivity contribution < 1.29 is 9.90 Å². The molecule has 0 bridgehead atoms. The van der Waals surface area contributed by atoms with Crippen LogP contribution in [0.1, 0.15) is 57.6 Å². The van der Waals surface area contributed by atoms with Gasteiger partial charge in [-0.1, -0.05) is 53.1 Å². The van der Waals surface area contributed by atoms with Gasteiger partial charge < -0.3 is 10.8 Å². The van der Waals surface area contributed by atoms with Crippen molar-refractivity contribution in [3.05, 3.63) is 16.4 Å². The summed E-state index contributed by atoms with van der Waals surface area (Å²) in [7, 11) is -2.28. The first-order valence-electron chi connectivity index (χ1n) is 7.87. The van der Waals surface area contributed by atoms with Gasteiger partial charge in [0.25, 0.3) is 0 Å². The molecule has 4 nitrogen and oxygen atoms in total. The molecule has 3 N–H and O–H groups in total. The van der Waals surface area contributed by atoms with Crippen molar-refractivity contribution in [2.75, 3.05) is 5.73 Å². The number of hydrogen-bond acceptors (Lipinski definition) is 3. The molecule has 0 amide bonds. The van der Waals surface area contributed by atoms with Gasteiger partial charge in [-0.05, 0) is 34.1 Å². The van der Waals surface area contributed by atoms with Crippen LogP contribution >= 0.6 is 23.2 Å². The van der Waals surface area contributed by atoms with Crippen molar-refractivity contribution in [3.8, 4) is 11.3 Å². The number of anilines is 1. The maximum absolute atomic E-state index is 11.8. The molecule has 0 fully saturated rings. The lowest BCUT2D eigenvalue weighted by atomic mass is 10.1. The van der Waals surface area contributed by atoms with Gasteiger partial charge in [-0.25, -0.2) is 9.78 Å². The van der Waals surface area contributed by atoms with E-state index in [1.165, 1.54) is 0 Å². The van der Waals surface area contributed by atoms with Gasteiger partial charge in [-0.15, -0.1) is 0 Å². The summed E-state index contributed by atoms with van der Waals surface area (Å²) >= 11 is 11.9. The highest BCUT2D eigenvalue weighted by Crippen LogP contribution is 2.43. The third-order valence-electron chi connectivity index (χ3n) is 4.87. The molecule has 24 heavy (non-hydrogen) atoms. The fraction of sp³-hybridized carbons (Fsp3) is 0.529. The molecular formula is C17H24Cl2N2O2Si. The Morgan fingerprint density at radius 1 is 1.17 bits per heavy atom. The van der Waals surface area contributed by atoms with Crippen molar-refractivity contribution in [2.24, 2.45) is 0 Å². The van der Waals surface area contributed by atoms with Crippen LogP contribution < -0.4 is 10.9 Å². The maximum Gasteiger partial charge on any atom is 0.340 e. The Labute approximate surface area is 154 Å². The van der Waals surface area contributed by atoms with Gasteiger partial charge in [-0.3, -0.25) is 0 Å². The molecule has 0 aliphatic rings. The number of carboxylic acid groups (broad SMARTS) is 1. The second kappa shape index (κ2) is 7.77. The number of halogens is 2. The Bertz CT molecular complexity index is 685. The molecule has 0 saturated heterocycles. The zero-order chi connectivity index (χ0) is 18.8. The first-order valence-corrected chi connectivity index (χ1v) is 10.9. The van der Waals surface area contributed by atoms with Gasteiger partial charge in [-0.2, -0.15) is 0 Å². The molecular weight excluding hydrogens is 363 g/mol. The van der Waals surface area contributed by atoms with Crippen molar-refractivity contribution >= 4 is 48.1 Å². The molecule has 1 rings (SSSR count). The number of nitrogens with two attached hydrogens (primary N) is 1. The van der Waals surface area contributed by atoms with E-state index in [1.807, 2.05) is 0 Å². The van der Waals surface area contributed by atoms with E-state index >= 15 is 0 Å². The van der Waals surface area contributed by atoms with Crippen LogP contribution in [0.3, 0.4) is 0 Å². The van der Waals surface area contributed by atoms with Gasteiger partial charge in [0.2, 0.25) is 0 Å². The van der Waals surface area contributed by atoms with Crippen molar-refractivity contribution in [3.63, 3.8) is 0 Å². The van der Waals surface area contributed by atoms with Crippen LogP contribution in [0.4, 0.5) is 5.69 Å². The molecule has 0 atom stereocenters. The first kappa shape index (κ1) is 20.8. The van der Waals surface area contributed by atoms with Crippen molar-refractivity contribution in [2.45, 2.75) is 58.2 Å². The minimum Gasteiger partial charge on any atom is -0.478 e. The van der Waals surface area contributed by atoms with Gasteiger partial charge in [0.15, 0.2) is 0 Å². The van der Waals surface area contributed by atoms with Gasteiger partial charge >= 0.3 is 5.97 Å².